The summed E-state index contributed by atoms with van der Waals surface area (Å²) in [5, 5.41) is 2.99. The predicted molar refractivity (Wildman–Crippen MR) is 97.1 cm³/mol. The third-order valence-corrected chi connectivity index (χ3v) is 5.60. The van der Waals surface area contributed by atoms with Gasteiger partial charge in [0, 0.05) is 36.6 Å². The second kappa shape index (κ2) is 6.00. The van der Waals surface area contributed by atoms with Crippen LogP contribution in [0.1, 0.15) is 35.1 Å². The topological polar surface area (TPSA) is 71.6 Å². The fourth-order valence-corrected chi connectivity index (χ4v) is 4.26. The molecule has 3 unspecified atom stereocenters. The summed E-state index contributed by atoms with van der Waals surface area (Å²) in [5.41, 5.74) is 11.1. The Labute approximate surface area is 151 Å². The molecule has 6 nitrogen and oxygen atoms in total. The Morgan fingerprint density at radius 3 is 2.65 bits per heavy atom. The summed E-state index contributed by atoms with van der Waals surface area (Å²) in [7, 11) is 0. The number of anilines is 1. The third-order valence-electron chi connectivity index (χ3n) is 5.60. The molecule has 26 heavy (non-hydrogen) atoms. The van der Waals surface area contributed by atoms with Crippen molar-refractivity contribution in [1.29, 1.82) is 0 Å². The number of hydrazine groups is 1. The number of benzene rings is 2. The van der Waals surface area contributed by atoms with Gasteiger partial charge in [-0.05, 0) is 24.1 Å². The first-order valence-electron chi connectivity index (χ1n) is 8.97. The van der Waals surface area contributed by atoms with Gasteiger partial charge in [-0.2, -0.15) is 0 Å². The van der Waals surface area contributed by atoms with E-state index in [1.54, 1.807) is 0 Å². The van der Waals surface area contributed by atoms with E-state index in [9.17, 15) is 4.79 Å². The first-order chi connectivity index (χ1) is 12.7. The maximum Gasteiger partial charge on any atom is 0.231 e. The average molecular weight is 351 g/mol. The molecule has 0 aliphatic carbocycles. The van der Waals surface area contributed by atoms with Crippen LogP contribution in [0.15, 0.2) is 36.4 Å². The highest BCUT2D eigenvalue weighted by molar-refractivity contribution is 5.95. The van der Waals surface area contributed by atoms with Gasteiger partial charge in [-0.25, -0.2) is 5.43 Å². The Hall–Kier alpha value is -2.57. The number of amides is 1. The molecule has 1 saturated heterocycles. The lowest BCUT2D eigenvalue weighted by molar-refractivity contribution is -0.117. The van der Waals surface area contributed by atoms with E-state index >= 15 is 0 Å². The molecule has 1 fully saturated rings. The van der Waals surface area contributed by atoms with Gasteiger partial charge in [-0.3, -0.25) is 10.2 Å². The smallest absolute Gasteiger partial charge is 0.231 e. The first kappa shape index (κ1) is 15.7. The highest BCUT2D eigenvalue weighted by Gasteiger charge is 2.40. The second-order valence-electron chi connectivity index (χ2n) is 7.23. The molecular formula is C20H21N3O3. The van der Waals surface area contributed by atoms with Crippen molar-refractivity contribution in [3.8, 4) is 11.5 Å². The zero-order chi connectivity index (χ0) is 17.7. The van der Waals surface area contributed by atoms with Crippen LogP contribution in [0.25, 0.3) is 0 Å². The number of hydrogen-bond acceptors (Lipinski definition) is 5. The summed E-state index contributed by atoms with van der Waals surface area (Å²) in [4.78, 5) is 12.4. The van der Waals surface area contributed by atoms with Crippen LogP contribution < -0.4 is 25.6 Å². The quantitative estimate of drug-likeness (QED) is 0.776. The van der Waals surface area contributed by atoms with Crippen LogP contribution >= 0.6 is 0 Å². The van der Waals surface area contributed by atoms with Gasteiger partial charge in [0.25, 0.3) is 0 Å². The van der Waals surface area contributed by atoms with Crippen LogP contribution in [0.2, 0.25) is 0 Å². The van der Waals surface area contributed by atoms with Crippen molar-refractivity contribution >= 4 is 11.6 Å². The molecule has 3 heterocycles. The van der Waals surface area contributed by atoms with Crippen LogP contribution in [0.4, 0.5) is 5.69 Å². The lowest BCUT2D eigenvalue weighted by Crippen LogP contribution is -2.31. The summed E-state index contributed by atoms with van der Waals surface area (Å²) in [6.07, 6.45) is 0.475. The number of carbonyl (C=O) groups is 1. The number of hydrogen-bond donors (Lipinski definition) is 3. The molecule has 3 atom stereocenters. The maximum atomic E-state index is 12.4. The summed E-state index contributed by atoms with van der Waals surface area (Å²) < 4.78 is 11.0. The molecule has 0 saturated carbocycles. The Morgan fingerprint density at radius 1 is 1.08 bits per heavy atom. The molecular weight excluding hydrogens is 330 g/mol. The molecule has 2 aromatic carbocycles. The van der Waals surface area contributed by atoms with Crippen molar-refractivity contribution in [1.82, 2.24) is 10.9 Å². The third kappa shape index (κ3) is 2.53. The predicted octanol–water partition coefficient (Wildman–Crippen LogP) is 2.61. The minimum atomic E-state index is 0.0518. The lowest BCUT2D eigenvalue weighted by Gasteiger charge is -2.32. The molecule has 134 valence electrons. The van der Waals surface area contributed by atoms with Gasteiger partial charge in [-0.15, -0.1) is 0 Å². The maximum absolute atomic E-state index is 12.4. The van der Waals surface area contributed by atoms with Crippen molar-refractivity contribution < 1.29 is 14.3 Å². The number of rotatable bonds is 2. The molecule has 3 N–H and O–H groups in total. The number of ether oxygens (including phenoxy) is 2. The fraction of sp³-hybridized carbons (Fsp3) is 0.350. The van der Waals surface area contributed by atoms with E-state index in [0.717, 1.165) is 23.5 Å². The van der Waals surface area contributed by atoms with Gasteiger partial charge in [0.2, 0.25) is 12.7 Å². The Balaban J connectivity index is 1.53. The van der Waals surface area contributed by atoms with Crippen LogP contribution in [0.3, 0.4) is 0 Å². The SMILES string of the molecule is Cc1ccc(C2NNCC2C2CC(=O)Nc3cc4c(cc32)OCO4)cc1. The van der Waals surface area contributed by atoms with E-state index in [4.69, 9.17) is 9.47 Å². The molecule has 0 radical (unpaired) electrons. The lowest BCUT2D eigenvalue weighted by atomic mass is 9.76. The molecule has 3 aliphatic rings. The van der Waals surface area contributed by atoms with Gasteiger partial charge in [0.15, 0.2) is 11.5 Å². The highest BCUT2D eigenvalue weighted by Crippen LogP contribution is 2.47. The first-order valence-corrected chi connectivity index (χ1v) is 8.97. The minimum Gasteiger partial charge on any atom is -0.454 e. The van der Waals surface area contributed by atoms with Gasteiger partial charge in [0.1, 0.15) is 0 Å². The molecule has 0 spiro atoms. The van der Waals surface area contributed by atoms with Crippen molar-refractivity contribution in [3.05, 3.63) is 53.1 Å². The van der Waals surface area contributed by atoms with Crippen molar-refractivity contribution in [2.75, 3.05) is 18.7 Å². The van der Waals surface area contributed by atoms with Crippen LogP contribution in [0, 0.1) is 12.8 Å². The van der Waals surface area contributed by atoms with Gasteiger partial charge in [0.05, 0.1) is 6.04 Å². The summed E-state index contributed by atoms with van der Waals surface area (Å²) >= 11 is 0. The van der Waals surface area contributed by atoms with Gasteiger partial charge >= 0.3 is 0 Å². The number of carbonyl (C=O) groups excluding carboxylic acids is 1. The molecule has 3 aliphatic heterocycles. The monoisotopic (exact) mass is 351 g/mol. The normalized spacial score (nSPS) is 26.5. The summed E-state index contributed by atoms with van der Waals surface area (Å²) in [5.74, 6) is 1.89. The average Bonchev–Trinajstić information content (AvgIpc) is 3.28. The van der Waals surface area contributed by atoms with Crippen LogP contribution in [-0.2, 0) is 4.79 Å². The number of aryl methyl sites for hydroxylation is 1. The van der Waals surface area contributed by atoms with Gasteiger partial charge in [-0.1, -0.05) is 29.8 Å². The standard InChI is InChI=1S/C20H21N3O3/c1-11-2-4-12(5-3-11)20-15(9-21-23-20)13-7-19(24)22-16-8-18-17(6-14(13)16)25-10-26-18/h2-6,8,13,15,20-21,23H,7,9-10H2,1H3,(H,22,24). The summed E-state index contributed by atoms with van der Waals surface area (Å²) in [6.45, 7) is 3.13. The van der Waals surface area contributed by atoms with E-state index in [1.807, 2.05) is 12.1 Å². The summed E-state index contributed by atoms with van der Waals surface area (Å²) in [6, 6.07) is 12.7. The van der Waals surface area contributed by atoms with E-state index < -0.39 is 0 Å². The van der Waals surface area contributed by atoms with E-state index in [-0.39, 0.29) is 30.6 Å². The van der Waals surface area contributed by atoms with Crippen molar-refractivity contribution in [3.63, 3.8) is 0 Å². The number of nitrogens with one attached hydrogen (secondary N) is 3. The van der Waals surface area contributed by atoms with E-state index in [2.05, 4.69) is 47.4 Å². The largest absolute Gasteiger partial charge is 0.454 e. The molecule has 2 aromatic rings. The molecule has 0 aromatic heterocycles. The molecule has 6 heteroatoms. The highest BCUT2D eigenvalue weighted by atomic mass is 16.7. The van der Waals surface area contributed by atoms with E-state index in [0.29, 0.717) is 12.2 Å². The minimum absolute atomic E-state index is 0.0518. The molecule has 5 rings (SSSR count). The molecule has 0 bridgehead atoms. The Kier molecular flexibility index (Phi) is 3.62. The molecule has 1 amide bonds. The van der Waals surface area contributed by atoms with E-state index in [1.165, 1.54) is 11.1 Å². The Bertz CT molecular complexity index is 865. The zero-order valence-corrected chi connectivity index (χ0v) is 14.5. The van der Waals surface area contributed by atoms with Crippen molar-refractivity contribution in [2.24, 2.45) is 5.92 Å². The fourth-order valence-electron chi connectivity index (χ4n) is 4.26. The zero-order valence-electron chi connectivity index (χ0n) is 14.5. The van der Waals surface area contributed by atoms with Gasteiger partial charge < -0.3 is 14.8 Å². The van der Waals surface area contributed by atoms with Crippen LogP contribution in [0.5, 0.6) is 11.5 Å². The Morgan fingerprint density at radius 2 is 1.85 bits per heavy atom. The van der Waals surface area contributed by atoms with Crippen LogP contribution in [-0.4, -0.2) is 19.2 Å². The number of fused-ring (bicyclic) bond motifs is 2. The van der Waals surface area contributed by atoms with Crippen molar-refractivity contribution in [2.45, 2.75) is 25.3 Å². The second-order valence-corrected chi connectivity index (χ2v) is 7.23.